The molecule has 0 saturated heterocycles. The summed E-state index contributed by atoms with van der Waals surface area (Å²) in [6.07, 6.45) is 1.75. The molecule has 1 aliphatic heterocycles. The Balaban J connectivity index is 1.54. The van der Waals surface area contributed by atoms with Crippen molar-refractivity contribution in [2.75, 3.05) is 19.5 Å². The second-order valence-corrected chi connectivity index (χ2v) is 6.91. The second kappa shape index (κ2) is 8.66. The number of rotatable bonds is 5. The molecule has 1 amide bonds. The molecule has 0 atom stereocenters. The fourth-order valence-electron chi connectivity index (χ4n) is 3.31. The fraction of sp³-hybridized carbons (Fsp3) is 0.0800. The molecule has 3 aromatic carbocycles. The van der Waals surface area contributed by atoms with Gasteiger partial charge in [-0.1, -0.05) is 12.1 Å². The summed E-state index contributed by atoms with van der Waals surface area (Å²) in [7, 11) is 3.07. The lowest BCUT2D eigenvalue weighted by Crippen LogP contribution is -2.08. The lowest BCUT2D eigenvalue weighted by atomic mass is 10.0. The molecule has 0 bridgehead atoms. The highest BCUT2D eigenvalue weighted by molar-refractivity contribution is 6.35. The molecular formula is C25H18N2O5. The topological polar surface area (TPSA) is 97.7 Å². The number of hydrogen-bond donors (Lipinski definition) is 1. The highest BCUT2D eigenvalue weighted by Gasteiger charge is 2.26. The summed E-state index contributed by atoms with van der Waals surface area (Å²) in [6, 6.07) is 18.5. The van der Waals surface area contributed by atoms with Crippen molar-refractivity contribution in [1.82, 2.24) is 0 Å². The fourth-order valence-corrected chi connectivity index (χ4v) is 3.31. The number of nitriles is 1. The number of nitrogens with one attached hydrogen (secondary N) is 1. The zero-order valence-electron chi connectivity index (χ0n) is 17.3. The lowest BCUT2D eigenvalue weighted by molar-refractivity contribution is -0.110. The van der Waals surface area contributed by atoms with Gasteiger partial charge in [0.05, 0.1) is 37.1 Å². The summed E-state index contributed by atoms with van der Waals surface area (Å²) in [5.41, 5.74) is 3.42. The average molecular weight is 426 g/mol. The van der Waals surface area contributed by atoms with Gasteiger partial charge >= 0.3 is 5.97 Å². The van der Waals surface area contributed by atoms with Crippen LogP contribution in [-0.2, 0) is 4.79 Å². The summed E-state index contributed by atoms with van der Waals surface area (Å²) < 4.78 is 16.0. The van der Waals surface area contributed by atoms with E-state index in [1.807, 2.05) is 6.07 Å². The predicted octanol–water partition coefficient (Wildman–Crippen LogP) is 4.29. The van der Waals surface area contributed by atoms with Crippen LogP contribution in [0.1, 0.15) is 27.0 Å². The summed E-state index contributed by atoms with van der Waals surface area (Å²) in [4.78, 5) is 24.8. The van der Waals surface area contributed by atoms with Crippen LogP contribution in [0.15, 0.2) is 60.7 Å². The third-order valence-electron chi connectivity index (χ3n) is 4.96. The molecule has 3 aromatic rings. The number of anilines is 1. The van der Waals surface area contributed by atoms with Gasteiger partial charge in [-0.05, 0) is 54.1 Å². The van der Waals surface area contributed by atoms with Crippen LogP contribution in [0.4, 0.5) is 5.69 Å². The number of hydrogen-bond acceptors (Lipinski definition) is 6. The molecule has 1 heterocycles. The van der Waals surface area contributed by atoms with Crippen LogP contribution in [0, 0.1) is 11.3 Å². The van der Waals surface area contributed by atoms with Crippen molar-refractivity contribution in [2.24, 2.45) is 0 Å². The van der Waals surface area contributed by atoms with Gasteiger partial charge in [-0.2, -0.15) is 5.26 Å². The summed E-state index contributed by atoms with van der Waals surface area (Å²) in [5.74, 6) is 0.668. The zero-order valence-corrected chi connectivity index (χ0v) is 17.3. The van der Waals surface area contributed by atoms with Crippen LogP contribution in [-0.4, -0.2) is 26.1 Å². The van der Waals surface area contributed by atoms with Crippen molar-refractivity contribution in [3.05, 3.63) is 82.9 Å². The molecule has 32 heavy (non-hydrogen) atoms. The Morgan fingerprint density at radius 1 is 0.969 bits per heavy atom. The maximum Gasteiger partial charge on any atom is 0.343 e. The molecule has 1 N–H and O–H groups in total. The van der Waals surface area contributed by atoms with Gasteiger partial charge in [0.1, 0.15) is 5.75 Å². The lowest BCUT2D eigenvalue weighted by Gasteiger charge is -2.09. The van der Waals surface area contributed by atoms with Crippen molar-refractivity contribution < 1.29 is 23.8 Å². The Morgan fingerprint density at radius 2 is 1.62 bits per heavy atom. The monoisotopic (exact) mass is 426 g/mol. The van der Waals surface area contributed by atoms with E-state index in [2.05, 4.69) is 5.32 Å². The predicted molar refractivity (Wildman–Crippen MR) is 119 cm³/mol. The van der Waals surface area contributed by atoms with E-state index in [1.165, 1.54) is 14.2 Å². The molecule has 1 aliphatic rings. The van der Waals surface area contributed by atoms with E-state index in [1.54, 1.807) is 66.7 Å². The first-order valence-corrected chi connectivity index (χ1v) is 9.64. The maximum absolute atomic E-state index is 12.5. The molecule has 0 spiro atoms. The number of carbonyl (C=O) groups is 2. The molecule has 158 valence electrons. The van der Waals surface area contributed by atoms with Gasteiger partial charge in [0, 0.05) is 17.2 Å². The molecule has 0 fully saturated rings. The Morgan fingerprint density at radius 3 is 2.25 bits per heavy atom. The van der Waals surface area contributed by atoms with Crippen LogP contribution < -0.4 is 19.5 Å². The highest BCUT2D eigenvalue weighted by atomic mass is 16.5. The van der Waals surface area contributed by atoms with Gasteiger partial charge in [0.25, 0.3) is 5.91 Å². The van der Waals surface area contributed by atoms with E-state index in [0.717, 1.165) is 5.56 Å². The van der Waals surface area contributed by atoms with E-state index >= 15 is 0 Å². The van der Waals surface area contributed by atoms with Crippen molar-refractivity contribution in [3.8, 4) is 23.3 Å². The zero-order chi connectivity index (χ0) is 22.7. The Bertz CT molecular complexity index is 1270. The van der Waals surface area contributed by atoms with Gasteiger partial charge in [0.15, 0.2) is 11.5 Å². The minimum Gasteiger partial charge on any atom is -0.493 e. The van der Waals surface area contributed by atoms with Crippen molar-refractivity contribution in [3.63, 3.8) is 0 Å². The van der Waals surface area contributed by atoms with Crippen LogP contribution in [0.2, 0.25) is 0 Å². The van der Waals surface area contributed by atoms with Crippen molar-refractivity contribution >= 4 is 29.2 Å². The largest absolute Gasteiger partial charge is 0.493 e. The number of ether oxygens (including phenoxy) is 3. The first-order chi connectivity index (χ1) is 15.5. The molecule has 0 saturated carbocycles. The smallest absolute Gasteiger partial charge is 0.343 e. The average Bonchev–Trinajstić information content (AvgIpc) is 3.13. The summed E-state index contributed by atoms with van der Waals surface area (Å²) in [5, 5.41) is 11.7. The molecule has 7 heteroatoms. The second-order valence-electron chi connectivity index (χ2n) is 6.91. The number of esters is 1. The first kappa shape index (κ1) is 20.7. The maximum atomic E-state index is 12.5. The SMILES string of the molecule is COc1cc2c(cc1OC)C(=Cc1ccc(OC(=O)c3ccc(C#N)cc3)cc1)C(=O)N2. The van der Waals surface area contributed by atoms with Gasteiger partial charge < -0.3 is 19.5 Å². The van der Waals surface area contributed by atoms with Crippen LogP contribution in [0.3, 0.4) is 0 Å². The molecule has 0 unspecified atom stereocenters. The number of carbonyl (C=O) groups excluding carboxylic acids is 2. The quantitative estimate of drug-likeness (QED) is 0.371. The normalized spacial score (nSPS) is 13.2. The Hall–Kier alpha value is -4.57. The third kappa shape index (κ3) is 4.02. The minimum absolute atomic E-state index is 0.230. The van der Waals surface area contributed by atoms with Crippen LogP contribution in [0.5, 0.6) is 17.2 Å². The third-order valence-corrected chi connectivity index (χ3v) is 4.96. The number of methoxy groups -OCH3 is 2. The van der Waals surface area contributed by atoms with E-state index in [4.69, 9.17) is 19.5 Å². The number of fused-ring (bicyclic) bond motifs is 1. The van der Waals surface area contributed by atoms with E-state index in [-0.39, 0.29) is 5.91 Å². The number of benzene rings is 3. The molecule has 7 nitrogen and oxygen atoms in total. The van der Waals surface area contributed by atoms with Crippen LogP contribution >= 0.6 is 0 Å². The summed E-state index contributed by atoms with van der Waals surface area (Å²) in [6.45, 7) is 0. The molecule has 0 aromatic heterocycles. The van der Waals surface area contributed by atoms with E-state index in [9.17, 15) is 9.59 Å². The van der Waals surface area contributed by atoms with Gasteiger partial charge in [-0.25, -0.2) is 4.79 Å². The molecule has 0 aliphatic carbocycles. The van der Waals surface area contributed by atoms with Crippen LogP contribution in [0.25, 0.3) is 11.6 Å². The number of nitrogens with zero attached hydrogens (tertiary/aromatic N) is 1. The standard InChI is InChI=1S/C25H18N2O5/c1-30-22-12-19-20(24(28)27-21(19)13-23(22)31-2)11-15-5-9-18(10-6-15)32-25(29)17-7-3-16(14-26)4-8-17/h3-13H,1-2H3,(H,27,28). The van der Waals surface area contributed by atoms with E-state index in [0.29, 0.717) is 45.2 Å². The van der Waals surface area contributed by atoms with Crippen molar-refractivity contribution in [2.45, 2.75) is 0 Å². The molecular weight excluding hydrogens is 408 g/mol. The Kier molecular flexibility index (Phi) is 5.60. The number of amides is 1. The van der Waals surface area contributed by atoms with Gasteiger partial charge in [-0.3, -0.25) is 4.79 Å². The Labute approximate surface area is 184 Å². The first-order valence-electron chi connectivity index (χ1n) is 9.64. The minimum atomic E-state index is -0.522. The van der Waals surface area contributed by atoms with E-state index < -0.39 is 5.97 Å². The van der Waals surface area contributed by atoms with Gasteiger partial charge in [-0.15, -0.1) is 0 Å². The van der Waals surface area contributed by atoms with Crippen molar-refractivity contribution in [1.29, 1.82) is 5.26 Å². The molecule has 4 rings (SSSR count). The summed E-state index contributed by atoms with van der Waals surface area (Å²) >= 11 is 0. The van der Waals surface area contributed by atoms with Gasteiger partial charge in [0.2, 0.25) is 0 Å². The molecule has 0 radical (unpaired) electrons. The highest BCUT2D eigenvalue weighted by Crippen LogP contribution is 2.41.